The van der Waals surface area contributed by atoms with Crippen molar-refractivity contribution in [3.05, 3.63) is 11.6 Å². The van der Waals surface area contributed by atoms with Crippen LogP contribution in [0, 0.1) is 46.3 Å². The Balaban J connectivity index is 1.40. The van der Waals surface area contributed by atoms with Gasteiger partial charge in [-0.3, -0.25) is 0 Å². The van der Waals surface area contributed by atoms with Crippen molar-refractivity contribution in [1.82, 2.24) is 0 Å². The molecule has 3 fully saturated rings. The van der Waals surface area contributed by atoms with Crippen LogP contribution in [0.15, 0.2) is 11.6 Å². The quantitative estimate of drug-likeness (QED) is 0.264. The molecule has 2 heteroatoms. The van der Waals surface area contributed by atoms with Crippen molar-refractivity contribution in [1.29, 1.82) is 0 Å². The lowest BCUT2D eigenvalue weighted by molar-refractivity contribution is -0.0642. The lowest BCUT2D eigenvalue weighted by Gasteiger charge is -2.58. The molecule has 190 valence electrons. The fourth-order valence-electron chi connectivity index (χ4n) is 9.26. The second-order valence-electron chi connectivity index (χ2n) is 13.5. The maximum Gasteiger partial charge on any atom is 0.0612 e. The van der Waals surface area contributed by atoms with Gasteiger partial charge in [-0.2, -0.15) is 0 Å². The molecule has 0 aromatic rings. The van der Waals surface area contributed by atoms with E-state index in [0.717, 1.165) is 61.4 Å². The molecule has 0 aliphatic heterocycles. The van der Waals surface area contributed by atoms with Crippen LogP contribution in [0.4, 0.5) is 0 Å². The van der Waals surface area contributed by atoms with Crippen LogP contribution in [0.3, 0.4) is 0 Å². The summed E-state index contributed by atoms with van der Waals surface area (Å²) in [7, 11) is 0. The molecule has 0 heterocycles. The highest BCUT2D eigenvalue weighted by molar-refractivity contribution is 5.25. The van der Waals surface area contributed by atoms with E-state index in [2.05, 4.69) is 40.7 Å². The number of aliphatic hydroxyl groups is 1. The van der Waals surface area contributed by atoms with Crippen LogP contribution in [0.2, 0.25) is 0 Å². The normalized spacial score (nSPS) is 41.3. The minimum absolute atomic E-state index is 0.290. The zero-order valence-corrected chi connectivity index (χ0v) is 22.6. The molecular weight excluding hydrogens is 404 g/mol. The molecule has 4 aliphatic carbocycles. The number of hydrogen-bond acceptors (Lipinski definition) is 2. The fourth-order valence-corrected chi connectivity index (χ4v) is 9.26. The zero-order valence-electron chi connectivity index (χ0n) is 22.6. The Bertz CT molecular complexity index is 668. The van der Waals surface area contributed by atoms with Gasteiger partial charge in [0.15, 0.2) is 0 Å². The van der Waals surface area contributed by atoms with Crippen LogP contribution in [-0.2, 0) is 4.74 Å². The third kappa shape index (κ3) is 5.13. The van der Waals surface area contributed by atoms with E-state index >= 15 is 0 Å². The van der Waals surface area contributed by atoms with E-state index in [9.17, 15) is 0 Å². The molecule has 33 heavy (non-hydrogen) atoms. The Hall–Kier alpha value is -0.340. The number of rotatable bonds is 10. The molecule has 0 saturated heterocycles. The summed E-state index contributed by atoms with van der Waals surface area (Å²) in [6.45, 7) is 13.8. The molecule has 0 aromatic heterocycles. The summed E-state index contributed by atoms with van der Waals surface area (Å²) in [5, 5.41) is 9.02. The summed E-state index contributed by atoms with van der Waals surface area (Å²) in [4.78, 5) is 0. The van der Waals surface area contributed by atoms with Crippen molar-refractivity contribution in [2.45, 2.75) is 124 Å². The first-order chi connectivity index (χ1) is 15.8. The van der Waals surface area contributed by atoms with Gasteiger partial charge in [-0.25, -0.2) is 0 Å². The second kappa shape index (κ2) is 10.7. The highest BCUT2D eigenvalue weighted by Crippen LogP contribution is 2.67. The molecule has 0 bridgehead atoms. The van der Waals surface area contributed by atoms with Gasteiger partial charge in [0.1, 0.15) is 0 Å². The number of ether oxygens (including phenoxy) is 1. The van der Waals surface area contributed by atoms with Crippen LogP contribution in [0.5, 0.6) is 0 Å². The maximum absolute atomic E-state index is 9.02. The lowest BCUT2D eigenvalue weighted by atomic mass is 9.47. The van der Waals surface area contributed by atoms with Crippen LogP contribution in [0.25, 0.3) is 0 Å². The van der Waals surface area contributed by atoms with E-state index in [4.69, 9.17) is 9.84 Å². The van der Waals surface area contributed by atoms with Gasteiger partial charge >= 0.3 is 0 Å². The third-order valence-corrected chi connectivity index (χ3v) is 11.2. The third-order valence-electron chi connectivity index (χ3n) is 11.2. The van der Waals surface area contributed by atoms with E-state index in [0.29, 0.717) is 16.9 Å². The number of unbranched alkanes of at least 4 members (excludes halogenated alkanes) is 1. The molecule has 3 saturated carbocycles. The van der Waals surface area contributed by atoms with Gasteiger partial charge < -0.3 is 9.84 Å². The molecule has 8 atom stereocenters. The van der Waals surface area contributed by atoms with Crippen LogP contribution in [-0.4, -0.2) is 24.4 Å². The zero-order chi connectivity index (χ0) is 23.6. The van der Waals surface area contributed by atoms with Crippen molar-refractivity contribution in [3.63, 3.8) is 0 Å². The average Bonchev–Trinajstić information content (AvgIpc) is 3.14. The smallest absolute Gasteiger partial charge is 0.0612 e. The van der Waals surface area contributed by atoms with E-state index in [1.165, 1.54) is 64.2 Å². The van der Waals surface area contributed by atoms with Crippen LogP contribution < -0.4 is 0 Å². The molecule has 0 spiro atoms. The van der Waals surface area contributed by atoms with Gasteiger partial charge in [-0.1, -0.05) is 65.5 Å². The first-order valence-corrected chi connectivity index (χ1v) is 14.7. The largest absolute Gasteiger partial charge is 0.396 e. The Kier molecular flexibility index (Phi) is 8.37. The summed E-state index contributed by atoms with van der Waals surface area (Å²) in [6, 6.07) is 0. The number of aliphatic hydroxyl groups excluding tert-OH is 1. The van der Waals surface area contributed by atoms with Crippen molar-refractivity contribution in [2.75, 3.05) is 13.2 Å². The predicted octanol–water partition coefficient (Wildman–Crippen LogP) is 8.19. The molecular formula is C31H54O2. The summed E-state index contributed by atoms with van der Waals surface area (Å²) in [6.07, 6.45) is 20.2. The molecule has 0 radical (unpaired) electrons. The van der Waals surface area contributed by atoms with Crippen molar-refractivity contribution in [2.24, 2.45) is 46.3 Å². The first-order valence-electron chi connectivity index (χ1n) is 14.7. The second-order valence-corrected chi connectivity index (χ2v) is 13.5. The van der Waals surface area contributed by atoms with Crippen molar-refractivity contribution in [3.8, 4) is 0 Å². The minimum Gasteiger partial charge on any atom is -0.396 e. The average molecular weight is 459 g/mol. The Morgan fingerprint density at radius 3 is 2.55 bits per heavy atom. The van der Waals surface area contributed by atoms with E-state index in [-0.39, 0.29) is 6.61 Å². The van der Waals surface area contributed by atoms with E-state index in [1.54, 1.807) is 5.57 Å². The standard InChI is InChI=1S/C31H54O2/c1-22(2)9-8-10-23(3)27-13-14-28-26-12-11-24-21-25(33-20-7-6-19-32)15-17-30(24,4)29(26)16-18-31(27,28)5/h11,22-23,25-29,32H,6-10,12-21H2,1-5H3/t23-,25-,26+,27-,28+,29+,30+,31-/m1/s1. The van der Waals surface area contributed by atoms with Crippen molar-refractivity contribution >= 4 is 0 Å². The fraction of sp³-hybridized carbons (Fsp3) is 0.935. The Morgan fingerprint density at radius 1 is 0.970 bits per heavy atom. The molecule has 4 rings (SSSR count). The number of allylic oxidation sites excluding steroid dienone is 1. The summed E-state index contributed by atoms with van der Waals surface area (Å²) < 4.78 is 6.24. The lowest BCUT2D eigenvalue weighted by Crippen LogP contribution is -2.51. The van der Waals surface area contributed by atoms with Crippen LogP contribution >= 0.6 is 0 Å². The summed E-state index contributed by atoms with van der Waals surface area (Å²) >= 11 is 0. The molecule has 0 unspecified atom stereocenters. The number of hydrogen-bond donors (Lipinski definition) is 1. The molecule has 0 amide bonds. The van der Waals surface area contributed by atoms with Gasteiger partial charge in [-0.05, 0) is 111 Å². The molecule has 4 aliphatic rings. The molecule has 1 N–H and O–H groups in total. The van der Waals surface area contributed by atoms with Gasteiger partial charge in [0.05, 0.1) is 6.10 Å². The van der Waals surface area contributed by atoms with Crippen molar-refractivity contribution < 1.29 is 9.84 Å². The Labute approximate surface area is 205 Å². The number of fused-ring (bicyclic) bond motifs is 5. The van der Waals surface area contributed by atoms with Gasteiger partial charge in [0.2, 0.25) is 0 Å². The maximum atomic E-state index is 9.02. The summed E-state index contributed by atoms with van der Waals surface area (Å²) in [5.41, 5.74) is 2.76. The van der Waals surface area contributed by atoms with Gasteiger partial charge in [-0.15, -0.1) is 0 Å². The molecule has 0 aromatic carbocycles. The van der Waals surface area contributed by atoms with E-state index < -0.39 is 0 Å². The minimum atomic E-state index is 0.290. The van der Waals surface area contributed by atoms with Gasteiger partial charge in [0.25, 0.3) is 0 Å². The monoisotopic (exact) mass is 458 g/mol. The SMILES string of the molecule is CC(C)CCC[C@@H](C)[C@H]1CC[C@H]2[C@@H]3CC=C4C[C@H](OCCCCO)CC[C@]4(C)[C@H]3CC[C@]12C. The van der Waals surface area contributed by atoms with Gasteiger partial charge in [0, 0.05) is 13.2 Å². The highest BCUT2D eigenvalue weighted by Gasteiger charge is 2.59. The summed E-state index contributed by atoms with van der Waals surface area (Å²) in [5.74, 6) is 5.49. The first kappa shape index (κ1) is 25.7. The topological polar surface area (TPSA) is 29.5 Å². The van der Waals surface area contributed by atoms with Crippen LogP contribution in [0.1, 0.15) is 118 Å². The Morgan fingerprint density at radius 2 is 1.79 bits per heavy atom. The highest BCUT2D eigenvalue weighted by atomic mass is 16.5. The van der Waals surface area contributed by atoms with E-state index in [1.807, 2.05) is 0 Å². The predicted molar refractivity (Wildman–Crippen MR) is 139 cm³/mol. The molecule has 2 nitrogen and oxygen atoms in total.